The zero-order valence-corrected chi connectivity index (χ0v) is 15.4. The molecule has 136 valence electrons. The van der Waals surface area contributed by atoms with E-state index in [2.05, 4.69) is 5.32 Å². The Bertz CT molecular complexity index is 832. The van der Waals surface area contributed by atoms with E-state index >= 15 is 0 Å². The van der Waals surface area contributed by atoms with Gasteiger partial charge in [-0.1, -0.05) is 18.2 Å². The fourth-order valence-electron chi connectivity index (χ4n) is 3.28. The molecule has 0 radical (unpaired) electrons. The van der Waals surface area contributed by atoms with Crippen molar-refractivity contribution in [1.82, 2.24) is 10.2 Å². The molecule has 1 N–H and O–H groups in total. The molecule has 2 amide bonds. The molecule has 2 aromatic rings. The van der Waals surface area contributed by atoms with E-state index in [1.54, 1.807) is 12.0 Å². The minimum Gasteiger partial charge on any atom is -0.497 e. The van der Waals surface area contributed by atoms with Crippen molar-refractivity contribution in [3.8, 4) is 16.9 Å². The average Bonchev–Trinajstić information content (AvgIpc) is 2.82. The van der Waals surface area contributed by atoms with Gasteiger partial charge in [-0.25, -0.2) is 0 Å². The normalized spacial score (nSPS) is 17.4. The average molecular weight is 352 g/mol. The topological polar surface area (TPSA) is 58.6 Å². The van der Waals surface area contributed by atoms with Gasteiger partial charge in [0.05, 0.1) is 7.11 Å². The van der Waals surface area contributed by atoms with Crippen molar-refractivity contribution >= 4 is 11.8 Å². The molecule has 2 aromatic carbocycles. The minimum absolute atomic E-state index is 0.00485. The van der Waals surface area contributed by atoms with Crippen LogP contribution >= 0.6 is 0 Å². The molecule has 0 aliphatic carbocycles. The SMILES string of the molecule is COc1ccc(-c2cccc(C(=O)N3CCC(=O)NC[C@H]3C)c2)c(C)c1. The van der Waals surface area contributed by atoms with Crippen molar-refractivity contribution in [2.24, 2.45) is 0 Å². The lowest BCUT2D eigenvalue weighted by molar-refractivity contribution is -0.120. The molecule has 1 atom stereocenters. The van der Waals surface area contributed by atoms with Gasteiger partial charge in [0.1, 0.15) is 5.75 Å². The van der Waals surface area contributed by atoms with Gasteiger partial charge in [-0.15, -0.1) is 0 Å². The molecule has 5 nitrogen and oxygen atoms in total. The van der Waals surface area contributed by atoms with Crippen molar-refractivity contribution in [3.05, 3.63) is 53.6 Å². The number of rotatable bonds is 3. The molecule has 0 bridgehead atoms. The number of ether oxygens (including phenoxy) is 1. The van der Waals surface area contributed by atoms with Gasteiger partial charge in [0.25, 0.3) is 5.91 Å². The molecule has 0 aromatic heterocycles. The Morgan fingerprint density at radius 3 is 2.77 bits per heavy atom. The van der Waals surface area contributed by atoms with Gasteiger partial charge in [-0.05, 0) is 54.8 Å². The lowest BCUT2D eigenvalue weighted by Gasteiger charge is -2.26. The van der Waals surface area contributed by atoms with Crippen molar-refractivity contribution in [3.63, 3.8) is 0 Å². The number of hydrogen-bond donors (Lipinski definition) is 1. The Morgan fingerprint density at radius 2 is 2.04 bits per heavy atom. The van der Waals surface area contributed by atoms with Crippen LogP contribution in [-0.2, 0) is 4.79 Å². The quantitative estimate of drug-likeness (QED) is 0.924. The predicted octanol–water partition coefficient (Wildman–Crippen LogP) is 3.02. The number of nitrogens with zero attached hydrogens (tertiary/aromatic N) is 1. The summed E-state index contributed by atoms with van der Waals surface area (Å²) in [5, 5.41) is 2.84. The molecule has 5 heteroatoms. The van der Waals surface area contributed by atoms with Crippen LogP contribution in [0.1, 0.15) is 29.3 Å². The Morgan fingerprint density at radius 1 is 1.23 bits per heavy atom. The maximum Gasteiger partial charge on any atom is 0.254 e. The van der Waals surface area contributed by atoms with Gasteiger partial charge >= 0.3 is 0 Å². The highest BCUT2D eigenvalue weighted by atomic mass is 16.5. The third-order valence-electron chi connectivity index (χ3n) is 4.82. The van der Waals surface area contributed by atoms with E-state index < -0.39 is 0 Å². The van der Waals surface area contributed by atoms with Gasteiger partial charge in [0.2, 0.25) is 5.91 Å². The number of nitrogens with one attached hydrogen (secondary N) is 1. The van der Waals surface area contributed by atoms with E-state index in [-0.39, 0.29) is 17.9 Å². The third kappa shape index (κ3) is 3.72. The van der Waals surface area contributed by atoms with Crippen LogP contribution in [0.4, 0.5) is 0 Å². The van der Waals surface area contributed by atoms with Crippen LogP contribution in [-0.4, -0.2) is 43.0 Å². The summed E-state index contributed by atoms with van der Waals surface area (Å²) in [6.07, 6.45) is 0.341. The monoisotopic (exact) mass is 352 g/mol. The minimum atomic E-state index is -0.0398. The number of carbonyl (C=O) groups is 2. The Labute approximate surface area is 154 Å². The molecular weight excluding hydrogens is 328 g/mol. The first-order valence-corrected chi connectivity index (χ1v) is 8.82. The summed E-state index contributed by atoms with van der Waals surface area (Å²) in [5.41, 5.74) is 3.79. The highest BCUT2D eigenvalue weighted by Crippen LogP contribution is 2.28. The van der Waals surface area contributed by atoms with Crippen molar-refractivity contribution in [2.45, 2.75) is 26.3 Å². The molecule has 1 saturated heterocycles. The van der Waals surface area contributed by atoms with Crippen molar-refractivity contribution in [2.75, 3.05) is 20.2 Å². The highest BCUT2D eigenvalue weighted by Gasteiger charge is 2.25. The molecule has 0 unspecified atom stereocenters. The summed E-state index contributed by atoms with van der Waals surface area (Å²) in [5.74, 6) is 0.769. The smallest absolute Gasteiger partial charge is 0.254 e. The predicted molar refractivity (Wildman–Crippen MR) is 101 cm³/mol. The molecule has 0 saturated carbocycles. The second kappa shape index (κ2) is 7.60. The molecular formula is C21H24N2O3. The summed E-state index contributed by atoms with van der Waals surface area (Å²) < 4.78 is 5.27. The van der Waals surface area contributed by atoms with Crippen LogP contribution in [0.2, 0.25) is 0 Å². The molecule has 0 spiro atoms. The lowest BCUT2D eigenvalue weighted by Crippen LogP contribution is -2.41. The summed E-state index contributed by atoms with van der Waals surface area (Å²) >= 11 is 0. The van der Waals surface area contributed by atoms with Gasteiger partial charge < -0.3 is 15.0 Å². The van der Waals surface area contributed by atoms with E-state index in [9.17, 15) is 9.59 Å². The van der Waals surface area contributed by atoms with Gasteiger partial charge in [-0.2, -0.15) is 0 Å². The zero-order valence-electron chi connectivity index (χ0n) is 15.4. The Hall–Kier alpha value is -2.82. The fourth-order valence-corrected chi connectivity index (χ4v) is 3.28. The molecule has 26 heavy (non-hydrogen) atoms. The number of hydrogen-bond acceptors (Lipinski definition) is 3. The zero-order chi connectivity index (χ0) is 18.7. The van der Waals surface area contributed by atoms with Crippen LogP contribution in [0.5, 0.6) is 5.75 Å². The van der Waals surface area contributed by atoms with E-state index in [4.69, 9.17) is 4.74 Å². The van der Waals surface area contributed by atoms with Crippen LogP contribution in [0.3, 0.4) is 0 Å². The van der Waals surface area contributed by atoms with E-state index in [0.29, 0.717) is 25.1 Å². The fraction of sp³-hybridized carbons (Fsp3) is 0.333. The van der Waals surface area contributed by atoms with Crippen LogP contribution in [0.15, 0.2) is 42.5 Å². The summed E-state index contributed by atoms with van der Waals surface area (Å²) in [6, 6.07) is 13.5. The van der Waals surface area contributed by atoms with Gasteiger partial charge in [0, 0.05) is 31.1 Å². The van der Waals surface area contributed by atoms with Crippen molar-refractivity contribution < 1.29 is 14.3 Å². The summed E-state index contributed by atoms with van der Waals surface area (Å²) in [6.45, 7) is 4.92. The van der Waals surface area contributed by atoms with Gasteiger partial charge in [-0.3, -0.25) is 9.59 Å². The first-order valence-electron chi connectivity index (χ1n) is 8.82. The Balaban J connectivity index is 1.89. The number of aryl methyl sites for hydroxylation is 1. The van der Waals surface area contributed by atoms with Crippen molar-refractivity contribution in [1.29, 1.82) is 0 Å². The lowest BCUT2D eigenvalue weighted by atomic mass is 9.98. The second-order valence-electron chi connectivity index (χ2n) is 6.66. The number of methoxy groups -OCH3 is 1. The van der Waals surface area contributed by atoms with E-state index in [1.807, 2.05) is 56.3 Å². The highest BCUT2D eigenvalue weighted by molar-refractivity contribution is 5.96. The van der Waals surface area contributed by atoms with Crippen LogP contribution < -0.4 is 10.1 Å². The Kier molecular flexibility index (Phi) is 5.26. The first kappa shape index (κ1) is 18.0. The van der Waals surface area contributed by atoms with Crippen LogP contribution in [0.25, 0.3) is 11.1 Å². The molecule has 1 heterocycles. The van der Waals surface area contributed by atoms with E-state index in [1.165, 1.54) is 0 Å². The number of amides is 2. The second-order valence-corrected chi connectivity index (χ2v) is 6.66. The van der Waals surface area contributed by atoms with Gasteiger partial charge in [0.15, 0.2) is 0 Å². The van der Waals surface area contributed by atoms with Crippen LogP contribution in [0, 0.1) is 6.92 Å². The molecule has 1 fully saturated rings. The standard InChI is InChI=1S/C21H24N2O3/c1-14-11-18(26-3)7-8-19(14)16-5-4-6-17(12-16)21(25)23-10-9-20(24)22-13-15(23)2/h4-8,11-12,15H,9-10,13H2,1-3H3,(H,22,24)/t15-/m1/s1. The largest absolute Gasteiger partial charge is 0.497 e. The molecule has 3 rings (SSSR count). The maximum absolute atomic E-state index is 13.0. The third-order valence-corrected chi connectivity index (χ3v) is 4.82. The maximum atomic E-state index is 13.0. The summed E-state index contributed by atoms with van der Waals surface area (Å²) in [7, 11) is 1.65. The number of benzene rings is 2. The first-order chi connectivity index (χ1) is 12.5. The molecule has 1 aliphatic rings. The van der Waals surface area contributed by atoms with E-state index in [0.717, 1.165) is 22.4 Å². The summed E-state index contributed by atoms with van der Waals surface area (Å²) in [4.78, 5) is 26.4. The number of carbonyl (C=O) groups excluding carboxylic acids is 2. The molecule has 1 aliphatic heterocycles.